The Labute approximate surface area is 107 Å². The van der Waals surface area contributed by atoms with Gasteiger partial charge in [0.1, 0.15) is 0 Å². The fraction of sp³-hybridized carbons (Fsp3) is 0.846. The summed E-state index contributed by atoms with van der Waals surface area (Å²) in [4.78, 5) is 24.9. The van der Waals surface area contributed by atoms with Crippen LogP contribution in [0.5, 0.6) is 0 Å². The first-order chi connectivity index (χ1) is 8.50. The molecular formula is C13H21NO4. The minimum atomic E-state index is -0.845. The Morgan fingerprint density at radius 2 is 2.11 bits per heavy atom. The van der Waals surface area contributed by atoms with E-state index >= 15 is 0 Å². The lowest BCUT2D eigenvalue weighted by Crippen LogP contribution is -2.50. The molecule has 3 atom stereocenters. The summed E-state index contributed by atoms with van der Waals surface area (Å²) in [6, 6.07) is 0.112. The second-order valence-corrected chi connectivity index (χ2v) is 5.68. The predicted octanol–water partition coefficient (Wildman–Crippen LogP) is 0.981. The van der Waals surface area contributed by atoms with E-state index in [-0.39, 0.29) is 17.9 Å². The lowest BCUT2D eigenvalue weighted by Gasteiger charge is -2.36. The van der Waals surface area contributed by atoms with Crippen LogP contribution in [0.1, 0.15) is 26.7 Å². The Bertz CT molecular complexity index is 342. The van der Waals surface area contributed by atoms with Gasteiger partial charge in [-0.2, -0.15) is 0 Å². The normalized spacial score (nSPS) is 31.5. The molecule has 0 spiro atoms. The number of hydrogen-bond acceptors (Lipinski definition) is 3. The number of aliphatic carboxylic acids is 1. The van der Waals surface area contributed by atoms with Crippen LogP contribution in [0.2, 0.25) is 0 Å². The maximum Gasteiger partial charge on any atom is 0.307 e. The third-order valence-electron chi connectivity index (χ3n) is 3.68. The zero-order chi connectivity index (χ0) is 13.3. The van der Waals surface area contributed by atoms with Crippen LogP contribution in [0.15, 0.2) is 0 Å². The van der Waals surface area contributed by atoms with Crippen LogP contribution in [0, 0.1) is 17.8 Å². The van der Waals surface area contributed by atoms with Gasteiger partial charge in [-0.25, -0.2) is 0 Å². The third-order valence-corrected chi connectivity index (χ3v) is 3.68. The molecule has 2 fully saturated rings. The Morgan fingerprint density at radius 1 is 1.39 bits per heavy atom. The summed E-state index contributed by atoms with van der Waals surface area (Å²) < 4.78 is 5.43. The minimum Gasteiger partial charge on any atom is -0.481 e. The molecule has 1 N–H and O–H groups in total. The number of carbonyl (C=O) groups excluding carboxylic acids is 1. The average molecular weight is 255 g/mol. The molecule has 2 rings (SSSR count). The van der Waals surface area contributed by atoms with Crippen molar-refractivity contribution in [2.24, 2.45) is 17.8 Å². The van der Waals surface area contributed by atoms with Crippen LogP contribution in [-0.4, -0.2) is 47.7 Å². The van der Waals surface area contributed by atoms with Crippen molar-refractivity contribution >= 4 is 11.9 Å². The van der Waals surface area contributed by atoms with Gasteiger partial charge in [-0.05, 0) is 18.8 Å². The van der Waals surface area contributed by atoms with Gasteiger partial charge in [0.2, 0.25) is 5.91 Å². The minimum absolute atomic E-state index is 0.0105. The number of hydrogen-bond donors (Lipinski definition) is 1. The smallest absolute Gasteiger partial charge is 0.307 e. The molecule has 1 amide bonds. The molecule has 0 bridgehead atoms. The van der Waals surface area contributed by atoms with Crippen LogP contribution in [0.3, 0.4) is 0 Å². The first-order valence-corrected chi connectivity index (χ1v) is 6.61. The number of carboxylic acids is 1. The molecule has 2 aliphatic rings. The van der Waals surface area contributed by atoms with Gasteiger partial charge >= 0.3 is 5.97 Å². The Morgan fingerprint density at radius 3 is 2.67 bits per heavy atom. The highest BCUT2D eigenvalue weighted by atomic mass is 16.5. The molecule has 0 radical (unpaired) electrons. The van der Waals surface area contributed by atoms with Crippen molar-refractivity contribution in [3.8, 4) is 0 Å². The van der Waals surface area contributed by atoms with E-state index in [4.69, 9.17) is 9.84 Å². The van der Waals surface area contributed by atoms with Crippen molar-refractivity contribution < 1.29 is 19.4 Å². The zero-order valence-corrected chi connectivity index (χ0v) is 11.0. The number of amides is 1. The molecule has 1 saturated carbocycles. The van der Waals surface area contributed by atoms with E-state index in [1.54, 1.807) is 0 Å². The summed E-state index contributed by atoms with van der Waals surface area (Å²) in [6.45, 7) is 5.97. The number of rotatable bonds is 4. The number of carboxylic acid groups (broad SMARTS) is 1. The molecule has 0 aromatic carbocycles. The highest BCUT2D eigenvalue weighted by molar-refractivity contribution is 5.89. The van der Waals surface area contributed by atoms with Crippen LogP contribution in [0.25, 0.3) is 0 Å². The van der Waals surface area contributed by atoms with Crippen molar-refractivity contribution in [1.82, 2.24) is 4.90 Å². The largest absolute Gasteiger partial charge is 0.481 e. The second kappa shape index (κ2) is 5.26. The molecule has 3 unspecified atom stereocenters. The van der Waals surface area contributed by atoms with E-state index in [0.29, 0.717) is 32.1 Å². The van der Waals surface area contributed by atoms with Crippen LogP contribution < -0.4 is 0 Å². The van der Waals surface area contributed by atoms with Crippen LogP contribution in [0.4, 0.5) is 0 Å². The van der Waals surface area contributed by atoms with Crippen molar-refractivity contribution in [2.75, 3.05) is 19.8 Å². The topological polar surface area (TPSA) is 66.8 Å². The quantitative estimate of drug-likeness (QED) is 0.813. The Balaban J connectivity index is 1.96. The SMILES string of the molecule is CC(C)CC1COCCN1C(=O)C1CC1C(=O)O. The van der Waals surface area contributed by atoms with Crippen molar-refractivity contribution in [1.29, 1.82) is 0 Å². The molecule has 1 saturated heterocycles. The monoisotopic (exact) mass is 255 g/mol. The molecule has 1 aliphatic carbocycles. The van der Waals surface area contributed by atoms with Gasteiger partial charge in [-0.3, -0.25) is 9.59 Å². The molecule has 5 nitrogen and oxygen atoms in total. The van der Waals surface area contributed by atoms with Crippen molar-refractivity contribution in [3.05, 3.63) is 0 Å². The fourth-order valence-electron chi connectivity index (χ4n) is 2.64. The molecule has 1 aliphatic heterocycles. The third kappa shape index (κ3) is 2.83. The van der Waals surface area contributed by atoms with Gasteiger partial charge in [-0.15, -0.1) is 0 Å². The number of ether oxygens (including phenoxy) is 1. The summed E-state index contributed by atoms with van der Waals surface area (Å²) >= 11 is 0. The first-order valence-electron chi connectivity index (χ1n) is 6.61. The number of carbonyl (C=O) groups is 2. The summed E-state index contributed by atoms with van der Waals surface area (Å²) in [5, 5.41) is 8.89. The average Bonchev–Trinajstić information content (AvgIpc) is 3.08. The zero-order valence-electron chi connectivity index (χ0n) is 11.0. The highest BCUT2D eigenvalue weighted by Crippen LogP contribution is 2.40. The molecule has 5 heteroatoms. The fourth-order valence-corrected chi connectivity index (χ4v) is 2.64. The van der Waals surface area contributed by atoms with Gasteiger partial charge in [0, 0.05) is 6.54 Å². The lowest BCUT2D eigenvalue weighted by atomic mass is 10.0. The standard InChI is InChI=1S/C13H21NO4/c1-8(2)5-9-7-18-4-3-14(9)12(15)10-6-11(10)13(16)17/h8-11H,3-7H2,1-2H3,(H,16,17). The van der Waals surface area contributed by atoms with Gasteiger partial charge < -0.3 is 14.7 Å². The predicted molar refractivity (Wildman–Crippen MR) is 65.0 cm³/mol. The van der Waals surface area contributed by atoms with Crippen molar-refractivity contribution in [2.45, 2.75) is 32.7 Å². The number of nitrogens with zero attached hydrogens (tertiary/aromatic N) is 1. The van der Waals surface area contributed by atoms with Crippen LogP contribution in [-0.2, 0) is 14.3 Å². The molecule has 102 valence electrons. The Kier molecular flexibility index (Phi) is 3.90. The van der Waals surface area contributed by atoms with Gasteiger partial charge in [0.25, 0.3) is 0 Å². The van der Waals surface area contributed by atoms with E-state index in [2.05, 4.69) is 13.8 Å². The Hall–Kier alpha value is -1.10. The summed E-state index contributed by atoms with van der Waals surface area (Å²) in [5.74, 6) is -1.09. The summed E-state index contributed by atoms with van der Waals surface area (Å²) in [6.07, 6.45) is 1.41. The lowest BCUT2D eigenvalue weighted by molar-refractivity contribution is -0.146. The molecule has 1 heterocycles. The molecule has 0 aromatic rings. The number of morpholine rings is 1. The van der Waals surface area contributed by atoms with E-state index < -0.39 is 11.9 Å². The van der Waals surface area contributed by atoms with E-state index in [0.717, 1.165) is 6.42 Å². The molecule has 0 aromatic heterocycles. The van der Waals surface area contributed by atoms with Crippen LogP contribution >= 0.6 is 0 Å². The first kappa shape index (κ1) is 13.3. The summed E-state index contributed by atoms with van der Waals surface area (Å²) in [7, 11) is 0. The van der Waals surface area contributed by atoms with Gasteiger partial charge in [0.15, 0.2) is 0 Å². The molecule has 18 heavy (non-hydrogen) atoms. The van der Waals surface area contributed by atoms with E-state index in [9.17, 15) is 9.59 Å². The van der Waals surface area contributed by atoms with E-state index in [1.807, 2.05) is 4.90 Å². The summed E-state index contributed by atoms with van der Waals surface area (Å²) in [5.41, 5.74) is 0. The van der Waals surface area contributed by atoms with Crippen molar-refractivity contribution in [3.63, 3.8) is 0 Å². The highest BCUT2D eigenvalue weighted by Gasteiger charge is 2.50. The maximum atomic E-state index is 12.3. The maximum absolute atomic E-state index is 12.3. The second-order valence-electron chi connectivity index (χ2n) is 5.68. The van der Waals surface area contributed by atoms with Gasteiger partial charge in [-0.1, -0.05) is 13.8 Å². The van der Waals surface area contributed by atoms with E-state index in [1.165, 1.54) is 0 Å². The molecular weight excluding hydrogens is 234 g/mol. The van der Waals surface area contributed by atoms with Gasteiger partial charge in [0.05, 0.1) is 31.1 Å².